The zero-order chi connectivity index (χ0) is 11.3. The average molecular weight is 206 g/mol. The fourth-order valence-corrected chi connectivity index (χ4v) is 1.41. The minimum atomic E-state index is -0.257. The number of benzene rings is 1. The molecule has 0 saturated carbocycles. The number of carbonyl (C=O) groups excluding carboxylic acids is 1. The molecule has 0 radical (unpaired) electrons. The van der Waals surface area contributed by atoms with E-state index in [9.17, 15) is 4.79 Å². The molecule has 15 heavy (non-hydrogen) atoms. The number of carbonyl (C=O) groups is 1. The summed E-state index contributed by atoms with van der Waals surface area (Å²) in [4.78, 5) is 10.9. The maximum atomic E-state index is 10.9. The highest BCUT2D eigenvalue weighted by Crippen LogP contribution is 2.21. The van der Waals surface area contributed by atoms with Crippen molar-refractivity contribution in [1.29, 1.82) is 0 Å². The fraction of sp³-hybridized carbons (Fsp3) is 0.462. The molecule has 0 atom stereocenters. The highest BCUT2D eigenvalue weighted by atomic mass is 16.5. The van der Waals surface area contributed by atoms with Gasteiger partial charge >= 0.3 is 5.97 Å². The van der Waals surface area contributed by atoms with Crippen molar-refractivity contribution >= 4 is 5.97 Å². The lowest BCUT2D eigenvalue weighted by atomic mass is 10.0. The molecule has 0 fully saturated rings. The van der Waals surface area contributed by atoms with Crippen LogP contribution in [0, 0.1) is 5.92 Å². The van der Waals surface area contributed by atoms with Gasteiger partial charge < -0.3 is 4.74 Å². The van der Waals surface area contributed by atoms with Gasteiger partial charge in [0.05, 0.1) is 0 Å². The molecule has 0 bridgehead atoms. The van der Waals surface area contributed by atoms with E-state index in [2.05, 4.69) is 13.8 Å². The number of hydrogen-bond acceptors (Lipinski definition) is 2. The summed E-state index contributed by atoms with van der Waals surface area (Å²) in [5.74, 6) is 1.10. The first-order valence-electron chi connectivity index (χ1n) is 5.36. The van der Waals surface area contributed by atoms with E-state index in [4.69, 9.17) is 4.74 Å². The van der Waals surface area contributed by atoms with E-state index < -0.39 is 0 Å². The molecular formula is C13H18O2. The van der Waals surface area contributed by atoms with E-state index in [0.717, 1.165) is 18.4 Å². The monoisotopic (exact) mass is 206 g/mol. The zero-order valence-electron chi connectivity index (χ0n) is 9.62. The molecule has 0 spiro atoms. The summed E-state index contributed by atoms with van der Waals surface area (Å²) in [5, 5.41) is 0. The second-order valence-corrected chi connectivity index (χ2v) is 4.13. The van der Waals surface area contributed by atoms with Gasteiger partial charge in [-0.05, 0) is 30.4 Å². The van der Waals surface area contributed by atoms with Crippen LogP contribution >= 0.6 is 0 Å². The predicted octanol–water partition coefficient (Wildman–Crippen LogP) is 3.20. The third kappa shape index (κ3) is 4.15. The summed E-state index contributed by atoms with van der Waals surface area (Å²) in [7, 11) is 0. The van der Waals surface area contributed by atoms with Gasteiger partial charge in [0.1, 0.15) is 5.75 Å². The lowest BCUT2D eigenvalue weighted by Gasteiger charge is -2.09. The van der Waals surface area contributed by atoms with Gasteiger partial charge in [-0.2, -0.15) is 0 Å². The van der Waals surface area contributed by atoms with Crippen LogP contribution < -0.4 is 4.74 Å². The Morgan fingerprint density at radius 1 is 1.33 bits per heavy atom. The number of hydrogen-bond donors (Lipinski definition) is 0. The molecule has 0 aliphatic heterocycles. The first-order valence-corrected chi connectivity index (χ1v) is 5.36. The summed E-state index contributed by atoms with van der Waals surface area (Å²) < 4.78 is 5.14. The van der Waals surface area contributed by atoms with E-state index in [1.165, 1.54) is 6.92 Å². The highest BCUT2D eigenvalue weighted by molar-refractivity contribution is 5.69. The van der Waals surface area contributed by atoms with Gasteiger partial charge in [0.25, 0.3) is 0 Å². The molecule has 1 rings (SSSR count). The molecule has 1 aromatic carbocycles. The molecular weight excluding hydrogens is 188 g/mol. The third-order valence-electron chi connectivity index (χ3n) is 2.22. The largest absolute Gasteiger partial charge is 0.426 e. The van der Waals surface area contributed by atoms with Crippen molar-refractivity contribution in [3.63, 3.8) is 0 Å². The number of aryl methyl sites for hydroxylation is 1. The lowest BCUT2D eigenvalue weighted by molar-refractivity contribution is -0.131. The van der Waals surface area contributed by atoms with Crippen LogP contribution in [0.3, 0.4) is 0 Å². The Bertz CT molecular complexity index is 329. The number of esters is 1. The summed E-state index contributed by atoms with van der Waals surface area (Å²) in [6.07, 6.45) is 2.07. The predicted molar refractivity (Wildman–Crippen MR) is 60.9 cm³/mol. The normalized spacial score (nSPS) is 10.4. The Kier molecular flexibility index (Phi) is 4.35. The summed E-state index contributed by atoms with van der Waals surface area (Å²) >= 11 is 0. The first-order chi connectivity index (χ1) is 7.09. The van der Waals surface area contributed by atoms with E-state index in [0.29, 0.717) is 11.7 Å². The van der Waals surface area contributed by atoms with Crippen LogP contribution in [0.2, 0.25) is 0 Å². The van der Waals surface area contributed by atoms with Crippen LogP contribution in [0.5, 0.6) is 5.75 Å². The van der Waals surface area contributed by atoms with Gasteiger partial charge in [0.15, 0.2) is 0 Å². The van der Waals surface area contributed by atoms with Crippen molar-refractivity contribution < 1.29 is 9.53 Å². The molecule has 0 aliphatic rings. The third-order valence-corrected chi connectivity index (χ3v) is 2.22. The topological polar surface area (TPSA) is 26.3 Å². The molecule has 2 nitrogen and oxygen atoms in total. The van der Waals surface area contributed by atoms with Gasteiger partial charge in [0, 0.05) is 6.92 Å². The molecule has 0 N–H and O–H groups in total. The maximum absolute atomic E-state index is 10.9. The maximum Gasteiger partial charge on any atom is 0.308 e. The van der Waals surface area contributed by atoms with Crippen molar-refractivity contribution in [2.24, 2.45) is 5.92 Å². The summed E-state index contributed by atoms with van der Waals surface area (Å²) in [5.41, 5.74) is 1.11. The molecule has 1 aromatic rings. The molecule has 0 saturated heterocycles. The Balaban J connectivity index is 2.72. The summed E-state index contributed by atoms with van der Waals surface area (Å²) in [6, 6.07) is 7.72. The van der Waals surface area contributed by atoms with E-state index in [1.807, 2.05) is 24.3 Å². The van der Waals surface area contributed by atoms with Gasteiger partial charge in [-0.15, -0.1) is 0 Å². The quantitative estimate of drug-likeness (QED) is 0.558. The highest BCUT2D eigenvalue weighted by Gasteiger charge is 2.05. The standard InChI is InChI=1S/C13H18O2/c1-10(2)8-9-12-6-4-5-7-13(12)15-11(3)14/h4-7,10H,8-9H2,1-3H3. The number of ether oxygens (including phenoxy) is 1. The van der Waals surface area contributed by atoms with Crippen LogP contribution in [0.4, 0.5) is 0 Å². The van der Waals surface area contributed by atoms with Gasteiger partial charge in [0.2, 0.25) is 0 Å². The molecule has 0 aromatic heterocycles. The lowest BCUT2D eigenvalue weighted by Crippen LogP contribution is -2.04. The van der Waals surface area contributed by atoms with Crippen LogP contribution in [-0.4, -0.2) is 5.97 Å². The van der Waals surface area contributed by atoms with Crippen LogP contribution in [0.1, 0.15) is 32.8 Å². The van der Waals surface area contributed by atoms with Crippen molar-refractivity contribution in [3.8, 4) is 5.75 Å². The number of para-hydroxylation sites is 1. The molecule has 0 amide bonds. The van der Waals surface area contributed by atoms with Crippen LogP contribution in [0.15, 0.2) is 24.3 Å². The van der Waals surface area contributed by atoms with Crippen molar-refractivity contribution in [2.75, 3.05) is 0 Å². The Morgan fingerprint density at radius 2 is 2.00 bits per heavy atom. The van der Waals surface area contributed by atoms with Crippen molar-refractivity contribution in [1.82, 2.24) is 0 Å². The van der Waals surface area contributed by atoms with E-state index in [1.54, 1.807) is 0 Å². The number of rotatable bonds is 4. The van der Waals surface area contributed by atoms with E-state index in [-0.39, 0.29) is 5.97 Å². The molecule has 2 heteroatoms. The van der Waals surface area contributed by atoms with Crippen molar-refractivity contribution in [2.45, 2.75) is 33.6 Å². The summed E-state index contributed by atoms with van der Waals surface area (Å²) in [6.45, 7) is 5.81. The minimum Gasteiger partial charge on any atom is -0.426 e. The van der Waals surface area contributed by atoms with Crippen LogP contribution in [0.25, 0.3) is 0 Å². The molecule has 82 valence electrons. The van der Waals surface area contributed by atoms with Crippen molar-refractivity contribution in [3.05, 3.63) is 29.8 Å². The Morgan fingerprint density at radius 3 is 2.60 bits per heavy atom. The average Bonchev–Trinajstić information content (AvgIpc) is 2.15. The molecule has 0 unspecified atom stereocenters. The van der Waals surface area contributed by atoms with E-state index >= 15 is 0 Å². The minimum absolute atomic E-state index is 0.257. The molecule has 0 heterocycles. The Labute approximate surface area is 91.3 Å². The first kappa shape index (κ1) is 11.8. The SMILES string of the molecule is CC(=O)Oc1ccccc1CCC(C)C. The second-order valence-electron chi connectivity index (χ2n) is 4.13. The molecule has 0 aliphatic carbocycles. The second kappa shape index (κ2) is 5.54. The Hall–Kier alpha value is -1.31. The zero-order valence-corrected chi connectivity index (χ0v) is 9.62. The fourth-order valence-electron chi connectivity index (χ4n) is 1.41. The van der Waals surface area contributed by atoms with Gasteiger partial charge in [-0.3, -0.25) is 4.79 Å². The van der Waals surface area contributed by atoms with Crippen LogP contribution in [-0.2, 0) is 11.2 Å². The van der Waals surface area contributed by atoms with Gasteiger partial charge in [-0.25, -0.2) is 0 Å². The smallest absolute Gasteiger partial charge is 0.308 e. The van der Waals surface area contributed by atoms with Gasteiger partial charge in [-0.1, -0.05) is 32.0 Å².